The summed E-state index contributed by atoms with van der Waals surface area (Å²) in [6.45, 7) is 0.728. The number of aliphatic carboxylic acids is 1. The van der Waals surface area contributed by atoms with Crippen molar-refractivity contribution in [3.05, 3.63) is 82.9 Å². The van der Waals surface area contributed by atoms with E-state index in [0.29, 0.717) is 24.1 Å². The molecule has 0 aliphatic carbocycles. The molecule has 0 bridgehead atoms. The first kappa shape index (κ1) is 24.8. The van der Waals surface area contributed by atoms with Crippen LogP contribution >= 0.6 is 0 Å². The van der Waals surface area contributed by atoms with Crippen LogP contribution in [0.25, 0.3) is 0 Å². The summed E-state index contributed by atoms with van der Waals surface area (Å²) in [5.41, 5.74) is -1.06. The van der Waals surface area contributed by atoms with Crippen LogP contribution in [0.1, 0.15) is 34.8 Å². The van der Waals surface area contributed by atoms with Crippen LogP contribution < -0.4 is 0 Å². The zero-order chi connectivity index (χ0) is 24.2. The van der Waals surface area contributed by atoms with Gasteiger partial charge in [0.15, 0.2) is 0 Å². The quantitative estimate of drug-likeness (QED) is 0.424. The van der Waals surface area contributed by atoms with Gasteiger partial charge in [0, 0.05) is 13.1 Å². The van der Waals surface area contributed by atoms with Crippen molar-refractivity contribution in [3.63, 3.8) is 0 Å². The number of ether oxygens (including phenoxy) is 1. The fourth-order valence-corrected chi connectivity index (χ4v) is 3.58. The van der Waals surface area contributed by atoms with Gasteiger partial charge in [0.05, 0.1) is 17.7 Å². The van der Waals surface area contributed by atoms with E-state index in [4.69, 9.17) is 4.74 Å². The van der Waals surface area contributed by atoms with Crippen molar-refractivity contribution >= 4 is 5.97 Å². The molecule has 1 atom stereocenters. The van der Waals surface area contributed by atoms with Gasteiger partial charge in [0.25, 0.3) is 0 Å². The highest BCUT2D eigenvalue weighted by atomic mass is 19.4. The summed E-state index contributed by atoms with van der Waals surface area (Å²) >= 11 is 0. The van der Waals surface area contributed by atoms with E-state index in [1.54, 1.807) is 17.1 Å². The third-order valence-electron chi connectivity index (χ3n) is 5.29. The first-order valence-corrected chi connectivity index (χ1v) is 10.1. The molecule has 10 heteroatoms. The van der Waals surface area contributed by atoms with Crippen LogP contribution in [0.4, 0.5) is 26.3 Å². The second-order valence-corrected chi connectivity index (χ2v) is 7.53. The molecule has 3 rings (SSSR count). The third kappa shape index (κ3) is 6.35. The summed E-state index contributed by atoms with van der Waals surface area (Å²) < 4.78 is 83.4. The molecule has 1 aliphatic rings. The Kier molecular flexibility index (Phi) is 7.48. The van der Waals surface area contributed by atoms with Gasteiger partial charge in [-0.3, -0.25) is 9.69 Å². The van der Waals surface area contributed by atoms with E-state index in [1.807, 2.05) is 0 Å². The first-order valence-electron chi connectivity index (χ1n) is 10.1. The lowest BCUT2D eigenvalue weighted by atomic mass is 9.99. The molecule has 178 valence electrons. The SMILES string of the molecule is O=C(O)C1C=CCCN1CCOC(c1ccc(C(F)(F)F)cc1)c1ccc(C(F)(F)F)cc1. The molecule has 0 spiro atoms. The lowest BCUT2D eigenvalue weighted by molar-refractivity contribution is -0.142. The molecular weight excluding hydrogens is 452 g/mol. The number of carbonyl (C=O) groups is 1. The summed E-state index contributed by atoms with van der Waals surface area (Å²) in [6.07, 6.45) is -6.00. The zero-order valence-electron chi connectivity index (χ0n) is 17.2. The molecule has 1 unspecified atom stereocenters. The summed E-state index contributed by atoms with van der Waals surface area (Å²) in [5, 5.41) is 9.34. The molecule has 1 aliphatic heterocycles. The van der Waals surface area contributed by atoms with Crippen LogP contribution in [0.5, 0.6) is 0 Å². The number of carboxylic acid groups (broad SMARTS) is 1. The summed E-state index contributed by atoms with van der Waals surface area (Å²) in [5.74, 6) is -1.02. The van der Waals surface area contributed by atoms with Crippen molar-refractivity contribution in [1.29, 1.82) is 0 Å². The summed E-state index contributed by atoms with van der Waals surface area (Å²) in [4.78, 5) is 13.1. The van der Waals surface area contributed by atoms with E-state index in [0.717, 1.165) is 24.3 Å². The second-order valence-electron chi connectivity index (χ2n) is 7.53. The smallest absolute Gasteiger partial charge is 0.416 e. The number of hydrogen-bond acceptors (Lipinski definition) is 3. The van der Waals surface area contributed by atoms with E-state index in [9.17, 15) is 36.2 Å². The molecule has 2 aromatic carbocycles. The molecular formula is C23H21F6NO3. The highest BCUT2D eigenvalue weighted by Crippen LogP contribution is 2.34. The monoisotopic (exact) mass is 473 g/mol. The Morgan fingerprint density at radius 1 is 0.939 bits per heavy atom. The van der Waals surface area contributed by atoms with Crippen molar-refractivity contribution in [2.75, 3.05) is 19.7 Å². The minimum Gasteiger partial charge on any atom is -0.480 e. The van der Waals surface area contributed by atoms with Gasteiger partial charge >= 0.3 is 18.3 Å². The van der Waals surface area contributed by atoms with E-state index < -0.39 is 41.6 Å². The maximum Gasteiger partial charge on any atom is 0.416 e. The van der Waals surface area contributed by atoms with Gasteiger partial charge in [0.2, 0.25) is 0 Å². The average Bonchev–Trinajstić information content (AvgIpc) is 2.76. The molecule has 1 heterocycles. The zero-order valence-corrected chi connectivity index (χ0v) is 17.2. The lowest BCUT2D eigenvalue weighted by Crippen LogP contribution is -2.44. The van der Waals surface area contributed by atoms with E-state index >= 15 is 0 Å². The van der Waals surface area contributed by atoms with Crippen molar-refractivity contribution in [2.24, 2.45) is 0 Å². The molecule has 0 saturated heterocycles. The Bertz CT molecular complexity index is 910. The highest BCUT2D eigenvalue weighted by molar-refractivity contribution is 5.76. The molecule has 1 N–H and O–H groups in total. The second kappa shape index (κ2) is 9.96. The molecule has 0 radical (unpaired) electrons. The minimum atomic E-state index is -4.53. The molecule has 2 aromatic rings. The molecule has 0 aromatic heterocycles. The van der Waals surface area contributed by atoms with Gasteiger partial charge in [-0.25, -0.2) is 0 Å². The number of benzene rings is 2. The number of alkyl halides is 6. The van der Waals surface area contributed by atoms with Gasteiger partial charge in [0.1, 0.15) is 12.1 Å². The highest BCUT2D eigenvalue weighted by Gasteiger charge is 2.32. The van der Waals surface area contributed by atoms with Gasteiger partial charge in [-0.1, -0.05) is 36.4 Å². The Balaban J connectivity index is 1.81. The third-order valence-corrected chi connectivity index (χ3v) is 5.29. The summed E-state index contributed by atoms with van der Waals surface area (Å²) in [6, 6.07) is 7.57. The fraction of sp³-hybridized carbons (Fsp3) is 0.348. The van der Waals surface area contributed by atoms with Gasteiger partial charge < -0.3 is 9.84 Å². The number of nitrogens with zero attached hydrogens (tertiary/aromatic N) is 1. The number of hydrogen-bond donors (Lipinski definition) is 1. The Hall–Kier alpha value is -2.85. The van der Waals surface area contributed by atoms with Crippen LogP contribution in [0, 0.1) is 0 Å². The maximum atomic E-state index is 12.9. The topological polar surface area (TPSA) is 49.8 Å². The van der Waals surface area contributed by atoms with Crippen LogP contribution in [-0.2, 0) is 21.9 Å². The molecule has 0 saturated carbocycles. The van der Waals surface area contributed by atoms with Crippen molar-refractivity contribution in [3.8, 4) is 0 Å². The predicted molar refractivity (Wildman–Crippen MR) is 107 cm³/mol. The fourth-order valence-electron chi connectivity index (χ4n) is 3.58. The van der Waals surface area contributed by atoms with Crippen LogP contribution in [0.15, 0.2) is 60.7 Å². The maximum absolute atomic E-state index is 12.9. The number of rotatable bonds is 7. The van der Waals surface area contributed by atoms with E-state index in [1.165, 1.54) is 24.3 Å². The molecule has 0 fully saturated rings. The van der Waals surface area contributed by atoms with Crippen molar-refractivity contribution in [2.45, 2.75) is 30.9 Å². The van der Waals surface area contributed by atoms with Gasteiger partial charge in [-0.2, -0.15) is 26.3 Å². The van der Waals surface area contributed by atoms with Gasteiger partial charge in [-0.15, -0.1) is 0 Å². The summed E-state index contributed by atoms with van der Waals surface area (Å²) in [7, 11) is 0. The van der Waals surface area contributed by atoms with Crippen LogP contribution in [0.3, 0.4) is 0 Å². The van der Waals surface area contributed by atoms with E-state index in [2.05, 4.69) is 0 Å². The average molecular weight is 473 g/mol. The molecule has 0 amide bonds. The Morgan fingerprint density at radius 2 is 1.42 bits per heavy atom. The normalized spacial score (nSPS) is 17.5. The lowest BCUT2D eigenvalue weighted by Gasteiger charge is -2.30. The molecule has 33 heavy (non-hydrogen) atoms. The minimum absolute atomic E-state index is 0.0182. The number of carboxylic acids is 1. The first-order chi connectivity index (χ1) is 15.5. The Morgan fingerprint density at radius 3 is 1.85 bits per heavy atom. The number of halogens is 6. The van der Waals surface area contributed by atoms with Crippen molar-refractivity contribution in [1.82, 2.24) is 4.90 Å². The van der Waals surface area contributed by atoms with Crippen molar-refractivity contribution < 1.29 is 41.0 Å². The molecule has 4 nitrogen and oxygen atoms in total. The van der Waals surface area contributed by atoms with E-state index in [-0.39, 0.29) is 13.2 Å². The van der Waals surface area contributed by atoms with Gasteiger partial charge in [-0.05, 0) is 41.8 Å². The predicted octanol–water partition coefficient (Wildman–Crippen LogP) is 5.55. The van der Waals surface area contributed by atoms with Crippen LogP contribution in [-0.4, -0.2) is 41.7 Å². The largest absolute Gasteiger partial charge is 0.480 e. The van der Waals surface area contributed by atoms with Crippen LogP contribution in [0.2, 0.25) is 0 Å². The standard InChI is InChI=1S/C23H21F6NO3/c24-22(25,26)17-8-4-15(5-9-17)20(16-6-10-18(11-7-16)23(27,28)29)33-14-13-30-12-2-1-3-19(30)21(31)32/h1,3-11,19-20H,2,12-14H2,(H,31,32). The Labute approximate surface area is 186 Å².